The van der Waals surface area contributed by atoms with E-state index in [-0.39, 0.29) is 30.4 Å². The highest BCUT2D eigenvalue weighted by Crippen LogP contribution is 2.10. The molecule has 2 amide bonds. The predicted molar refractivity (Wildman–Crippen MR) is 68.1 cm³/mol. The quantitative estimate of drug-likeness (QED) is 0.863. The molecular weight excluding hydrogens is 264 g/mol. The Morgan fingerprint density at radius 1 is 1.10 bits per heavy atom. The van der Waals surface area contributed by atoms with Crippen LogP contribution in [0.3, 0.4) is 0 Å². The molecule has 7 nitrogen and oxygen atoms in total. The SMILES string of the molecule is O=C(O)CCC(=O)N1CCN(C(=O)c2ccco2)CC1. The average molecular weight is 280 g/mol. The Kier molecular flexibility index (Phi) is 4.39. The first-order valence-electron chi connectivity index (χ1n) is 6.40. The molecule has 1 aromatic heterocycles. The van der Waals surface area contributed by atoms with Crippen molar-refractivity contribution in [1.82, 2.24) is 9.80 Å². The monoisotopic (exact) mass is 280 g/mol. The molecule has 2 heterocycles. The largest absolute Gasteiger partial charge is 0.481 e. The average Bonchev–Trinajstić information content (AvgIpc) is 2.98. The van der Waals surface area contributed by atoms with E-state index in [2.05, 4.69) is 0 Å². The maximum Gasteiger partial charge on any atom is 0.303 e. The van der Waals surface area contributed by atoms with Gasteiger partial charge in [0, 0.05) is 32.6 Å². The number of carbonyl (C=O) groups is 3. The molecule has 1 N–H and O–H groups in total. The van der Waals surface area contributed by atoms with Gasteiger partial charge in [-0.1, -0.05) is 0 Å². The van der Waals surface area contributed by atoms with Gasteiger partial charge in [-0.3, -0.25) is 14.4 Å². The summed E-state index contributed by atoms with van der Waals surface area (Å²) in [6.07, 6.45) is 1.28. The second-order valence-corrected chi connectivity index (χ2v) is 4.54. The van der Waals surface area contributed by atoms with Crippen LogP contribution in [0, 0.1) is 0 Å². The first-order valence-corrected chi connectivity index (χ1v) is 6.40. The van der Waals surface area contributed by atoms with Gasteiger partial charge in [-0.15, -0.1) is 0 Å². The predicted octanol–water partition coefficient (Wildman–Crippen LogP) is 0.429. The minimum absolute atomic E-state index is 0.00145. The Balaban J connectivity index is 1.82. The van der Waals surface area contributed by atoms with Gasteiger partial charge in [0.15, 0.2) is 5.76 Å². The van der Waals surface area contributed by atoms with Crippen LogP contribution in [0.25, 0.3) is 0 Å². The molecule has 0 atom stereocenters. The molecule has 1 aliphatic rings. The van der Waals surface area contributed by atoms with Gasteiger partial charge < -0.3 is 19.3 Å². The summed E-state index contributed by atoms with van der Waals surface area (Å²) in [5.41, 5.74) is 0. The molecule has 1 saturated heterocycles. The standard InChI is InChI=1S/C13H16N2O5/c16-11(3-4-12(17)18)14-5-7-15(8-6-14)13(19)10-2-1-9-20-10/h1-2,9H,3-8H2,(H,17,18). The van der Waals surface area contributed by atoms with Crippen molar-refractivity contribution in [2.45, 2.75) is 12.8 Å². The maximum atomic E-state index is 12.0. The summed E-state index contributed by atoms with van der Waals surface area (Å²) in [5, 5.41) is 8.55. The number of aliphatic carboxylic acids is 1. The number of furan rings is 1. The van der Waals surface area contributed by atoms with E-state index < -0.39 is 5.97 Å². The number of hydrogen-bond donors (Lipinski definition) is 1. The molecule has 0 unspecified atom stereocenters. The maximum absolute atomic E-state index is 12.0. The molecule has 108 valence electrons. The summed E-state index contributed by atoms with van der Waals surface area (Å²) in [5.74, 6) is -1.06. The second-order valence-electron chi connectivity index (χ2n) is 4.54. The first-order chi connectivity index (χ1) is 9.58. The molecule has 0 spiro atoms. The van der Waals surface area contributed by atoms with Crippen molar-refractivity contribution >= 4 is 17.8 Å². The van der Waals surface area contributed by atoms with E-state index in [9.17, 15) is 14.4 Å². The fourth-order valence-electron chi connectivity index (χ4n) is 2.09. The van der Waals surface area contributed by atoms with E-state index in [0.717, 1.165) is 0 Å². The number of amides is 2. The summed E-state index contributed by atoms with van der Waals surface area (Å²) in [4.78, 5) is 37.4. The molecule has 1 aromatic rings. The van der Waals surface area contributed by atoms with E-state index in [1.165, 1.54) is 6.26 Å². The fraction of sp³-hybridized carbons (Fsp3) is 0.462. The van der Waals surface area contributed by atoms with Gasteiger partial charge in [0.25, 0.3) is 5.91 Å². The second kappa shape index (κ2) is 6.23. The van der Waals surface area contributed by atoms with Crippen molar-refractivity contribution in [3.63, 3.8) is 0 Å². The van der Waals surface area contributed by atoms with E-state index in [0.29, 0.717) is 26.2 Å². The van der Waals surface area contributed by atoms with Crippen molar-refractivity contribution in [2.24, 2.45) is 0 Å². The number of nitrogens with zero attached hydrogens (tertiary/aromatic N) is 2. The number of carboxylic acids is 1. The first kappa shape index (κ1) is 14.1. The molecule has 0 bridgehead atoms. The fourth-order valence-corrected chi connectivity index (χ4v) is 2.09. The highest BCUT2D eigenvalue weighted by Gasteiger charge is 2.25. The Hall–Kier alpha value is -2.31. The molecule has 20 heavy (non-hydrogen) atoms. The number of hydrogen-bond acceptors (Lipinski definition) is 4. The summed E-state index contributed by atoms with van der Waals surface area (Å²) in [6, 6.07) is 3.26. The van der Waals surface area contributed by atoms with Gasteiger partial charge in [0.2, 0.25) is 5.91 Å². The molecule has 0 radical (unpaired) electrons. The molecule has 1 fully saturated rings. The smallest absolute Gasteiger partial charge is 0.303 e. The highest BCUT2D eigenvalue weighted by molar-refractivity contribution is 5.91. The van der Waals surface area contributed by atoms with Gasteiger partial charge in [-0.25, -0.2) is 0 Å². The van der Waals surface area contributed by atoms with Crippen LogP contribution < -0.4 is 0 Å². The van der Waals surface area contributed by atoms with Crippen LogP contribution >= 0.6 is 0 Å². The minimum atomic E-state index is -0.981. The lowest BCUT2D eigenvalue weighted by atomic mass is 10.2. The van der Waals surface area contributed by atoms with Gasteiger partial charge in [0.05, 0.1) is 12.7 Å². The van der Waals surface area contributed by atoms with Crippen LogP contribution in [0.4, 0.5) is 0 Å². The minimum Gasteiger partial charge on any atom is -0.481 e. The van der Waals surface area contributed by atoms with Gasteiger partial charge in [-0.2, -0.15) is 0 Å². The van der Waals surface area contributed by atoms with Crippen molar-refractivity contribution < 1.29 is 23.9 Å². The van der Waals surface area contributed by atoms with Gasteiger partial charge in [0.1, 0.15) is 0 Å². The van der Waals surface area contributed by atoms with Crippen LogP contribution in [-0.2, 0) is 9.59 Å². The molecule has 0 aromatic carbocycles. The number of piperazine rings is 1. The Bertz CT molecular complexity index is 489. The van der Waals surface area contributed by atoms with Crippen LogP contribution in [-0.4, -0.2) is 58.9 Å². The van der Waals surface area contributed by atoms with E-state index in [1.807, 2.05) is 0 Å². The summed E-state index contributed by atoms with van der Waals surface area (Å²) in [6.45, 7) is 1.70. The summed E-state index contributed by atoms with van der Waals surface area (Å²) < 4.78 is 5.05. The molecule has 0 saturated carbocycles. The molecule has 1 aliphatic heterocycles. The Morgan fingerprint density at radius 2 is 1.75 bits per heavy atom. The molecule has 7 heteroatoms. The van der Waals surface area contributed by atoms with Crippen LogP contribution in [0.1, 0.15) is 23.4 Å². The van der Waals surface area contributed by atoms with Crippen molar-refractivity contribution in [3.8, 4) is 0 Å². The van der Waals surface area contributed by atoms with Gasteiger partial charge in [-0.05, 0) is 12.1 Å². The van der Waals surface area contributed by atoms with Crippen molar-refractivity contribution in [3.05, 3.63) is 24.2 Å². The lowest BCUT2D eigenvalue weighted by Gasteiger charge is -2.34. The number of carbonyl (C=O) groups excluding carboxylic acids is 2. The van der Waals surface area contributed by atoms with Crippen molar-refractivity contribution in [2.75, 3.05) is 26.2 Å². The van der Waals surface area contributed by atoms with E-state index in [4.69, 9.17) is 9.52 Å². The topological polar surface area (TPSA) is 91.1 Å². The summed E-state index contributed by atoms with van der Waals surface area (Å²) in [7, 11) is 0. The number of rotatable bonds is 4. The van der Waals surface area contributed by atoms with E-state index >= 15 is 0 Å². The normalized spacial score (nSPS) is 15.2. The molecule has 0 aliphatic carbocycles. The van der Waals surface area contributed by atoms with Gasteiger partial charge >= 0.3 is 5.97 Å². The highest BCUT2D eigenvalue weighted by atomic mass is 16.4. The zero-order valence-electron chi connectivity index (χ0n) is 10.9. The number of carboxylic acid groups (broad SMARTS) is 1. The lowest BCUT2D eigenvalue weighted by Crippen LogP contribution is -2.50. The van der Waals surface area contributed by atoms with Crippen molar-refractivity contribution in [1.29, 1.82) is 0 Å². The third-order valence-electron chi connectivity index (χ3n) is 3.20. The van der Waals surface area contributed by atoms with Crippen LogP contribution in [0.2, 0.25) is 0 Å². The Labute approximate surface area is 115 Å². The lowest BCUT2D eigenvalue weighted by molar-refractivity contribution is -0.141. The summed E-state index contributed by atoms with van der Waals surface area (Å²) >= 11 is 0. The molecule has 2 rings (SSSR count). The van der Waals surface area contributed by atoms with Crippen LogP contribution in [0.15, 0.2) is 22.8 Å². The third kappa shape index (κ3) is 3.37. The zero-order chi connectivity index (χ0) is 14.5. The van der Waals surface area contributed by atoms with Crippen LogP contribution in [0.5, 0.6) is 0 Å². The molecular formula is C13H16N2O5. The zero-order valence-corrected chi connectivity index (χ0v) is 10.9. The Morgan fingerprint density at radius 3 is 2.30 bits per heavy atom. The third-order valence-corrected chi connectivity index (χ3v) is 3.20. The van der Waals surface area contributed by atoms with E-state index in [1.54, 1.807) is 21.9 Å².